The fourth-order valence-electron chi connectivity index (χ4n) is 3.61. The molecule has 32 heavy (non-hydrogen) atoms. The second-order valence-corrected chi connectivity index (χ2v) is 7.45. The van der Waals surface area contributed by atoms with Gasteiger partial charge in [-0.3, -0.25) is 9.88 Å². The number of benzene rings is 2. The molecule has 7 heteroatoms. The molecule has 164 valence electrons. The van der Waals surface area contributed by atoms with Crippen LogP contribution in [-0.2, 0) is 16.0 Å². The average Bonchev–Trinajstić information content (AvgIpc) is 2.88. The SMILES string of the molecule is COC(=O)c1ccc(CN(C(=O)N2CCOCC2)c2ccc(-c3cccnc3)cc2)cc1. The first kappa shape index (κ1) is 21.5. The van der Waals surface area contributed by atoms with Crippen LogP contribution in [-0.4, -0.2) is 55.3 Å². The van der Waals surface area contributed by atoms with E-state index in [1.165, 1.54) is 7.11 Å². The Labute approximate surface area is 187 Å². The van der Waals surface area contributed by atoms with Gasteiger partial charge in [0.1, 0.15) is 0 Å². The molecule has 7 nitrogen and oxygen atoms in total. The van der Waals surface area contributed by atoms with E-state index in [0.717, 1.165) is 22.4 Å². The summed E-state index contributed by atoms with van der Waals surface area (Å²) in [6, 6.07) is 18.8. The van der Waals surface area contributed by atoms with Crippen LogP contribution in [0.5, 0.6) is 0 Å². The van der Waals surface area contributed by atoms with Crippen molar-refractivity contribution in [3.63, 3.8) is 0 Å². The number of nitrogens with zero attached hydrogens (tertiary/aromatic N) is 3. The number of hydrogen-bond donors (Lipinski definition) is 0. The van der Waals surface area contributed by atoms with Gasteiger partial charge in [0, 0.05) is 31.2 Å². The topological polar surface area (TPSA) is 72.0 Å². The third-order valence-electron chi connectivity index (χ3n) is 5.40. The van der Waals surface area contributed by atoms with Crippen molar-refractivity contribution in [2.24, 2.45) is 0 Å². The molecular formula is C25H25N3O4. The third-order valence-corrected chi connectivity index (χ3v) is 5.40. The molecule has 0 radical (unpaired) electrons. The van der Waals surface area contributed by atoms with Crippen LogP contribution >= 0.6 is 0 Å². The van der Waals surface area contributed by atoms with E-state index in [-0.39, 0.29) is 12.0 Å². The third kappa shape index (κ3) is 4.95. The van der Waals surface area contributed by atoms with Gasteiger partial charge in [0.15, 0.2) is 0 Å². The molecule has 0 atom stereocenters. The number of morpholine rings is 1. The molecule has 0 unspecified atom stereocenters. The zero-order chi connectivity index (χ0) is 22.3. The lowest BCUT2D eigenvalue weighted by atomic mass is 10.1. The van der Waals surface area contributed by atoms with Crippen LogP contribution in [0.25, 0.3) is 11.1 Å². The van der Waals surface area contributed by atoms with Crippen molar-refractivity contribution in [2.75, 3.05) is 38.3 Å². The molecule has 1 fully saturated rings. The fourth-order valence-corrected chi connectivity index (χ4v) is 3.61. The van der Waals surface area contributed by atoms with Crippen LogP contribution in [0.3, 0.4) is 0 Å². The van der Waals surface area contributed by atoms with Gasteiger partial charge in [-0.15, -0.1) is 0 Å². The maximum absolute atomic E-state index is 13.4. The summed E-state index contributed by atoms with van der Waals surface area (Å²) >= 11 is 0. The van der Waals surface area contributed by atoms with E-state index in [1.807, 2.05) is 54.7 Å². The van der Waals surface area contributed by atoms with Crippen molar-refractivity contribution in [3.05, 3.63) is 84.2 Å². The number of rotatable bonds is 5. The first-order valence-electron chi connectivity index (χ1n) is 10.5. The zero-order valence-corrected chi connectivity index (χ0v) is 17.9. The van der Waals surface area contributed by atoms with Gasteiger partial charge in [0.05, 0.1) is 32.4 Å². The van der Waals surface area contributed by atoms with Crippen LogP contribution < -0.4 is 4.90 Å². The monoisotopic (exact) mass is 431 g/mol. The molecule has 1 saturated heterocycles. The lowest BCUT2D eigenvalue weighted by molar-refractivity contribution is 0.0548. The highest BCUT2D eigenvalue weighted by Crippen LogP contribution is 2.25. The lowest BCUT2D eigenvalue weighted by Crippen LogP contribution is -2.48. The molecule has 1 aliphatic heterocycles. The zero-order valence-electron chi connectivity index (χ0n) is 17.9. The highest BCUT2D eigenvalue weighted by atomic mass is 16.5. The number of pyridine rings is 1. The standard InChI is InChI=1S/C25H25N3O4/c1-31-24(29)21-6-4-19(5-7-21)18-28(25(30)27-13-15-32-16-14-27)23-10-8-20(9-11-23)22-3-2-12-26-17-22/h2-12,17H,13-16,18H2,1H3. The summed E-state index contributed by atoms with van der Waals surface area (Å²) in [6.07, 6.45) is 3.56. The van der Waals surface area contributed by atoms with Crippen molar-refractivity contribution in [2.45, 2.75) is 6.54 Å². The molecule has 2 aromatic carbocycles. The van der Waals surface area contributed by atoms with Crippen molar-refractivity contribution in [1.82, 2.24) is 9.88 Å². The summed E-state index contributed by atoms with van der Waals surface area (Å²) in [6.45, 7) is 2.57. The molecule has 0 N–H and O–H groups in total. The van der Waals surface area contributed by atoms with Gasteiger partial charge in [-0.2, -0.15) is 0 Å². The number of methoxy groups -OCH3 is 1. The molecule has 1 aliphatic rings. The number of carbonyl (C=O) groups excluding carboxylic acids is 2. The second kappa shape index (κ2) is 10.1. The largest absolute Gasteiger partial charge is 0.465 e. The summed E-state index contributed by atoms with van der Waals surface area (Å²) in [7, 11) is 1.36. The predicted molar refractivity (Wildman–Crippen MR) is 121 cm³/mol. The van der Waals surface area contributed by atoms with Crippen molar-refractivity contribution in [3.8, 4) is 11.1 Å². The minimum atomic E-state index is -0.385. The summed E-state index contributed by atoms with van der Waals surface area (Å²) < 4.78 is 10.2. The Bertz CT molecular complexity index is 1050. The number of hydrogen-bond acceptors (Lipinski definition) is 5. The van der Waals surface area contributed by atoms with E-state index >= 15 is 0 Å². The Kier molecular flexibility index (Phi) is 6.77. The van der Waals surface area contributed by atoms with Crippen LogP contribution in [0.15, 0.2) is 73.1 Å². The molecule has 0 bridgehead atoms. The molecule has 2 heterocycles. The van der Waals surface area contributed by atoms with Crippen molar-refractivity contribution < 1.29 is 19.1 Å². The van der Waals surface area contributed by atoms with E-state index in [1.54, 1.807) is 28.1 Å². The lowest BCUT2D eigenvalue weighted by Gasteiger charge is -2.33. The molecule has 0 saturated carbocycles. The normalized spacial score (nSPS) is 13.5. The second-order valence-electron chi connectivity index (χ2n) is 7.45. The number of carbonyl (C=O) groups is 2. The van der Waals surface area contributed by atoms with Crippen LogP contribution in [0.2, 0.25) is 0 Å². The number of urea groups is 1. The average molecular weight is 431 g/mol. The molecule has 2 amide bonds. The highest BCUT2D eigenvalue weighted by molar-refractivity contribution is 5.92. The fraction of sp³-hybridized carbons (Fsp3) is 0.240. The molecule has 0 spiro atoms. The Morgan fingerprint density at radius 2 is 1.72 bits per heavy atom. The van der Waals surface area contributed by atoms with Crippen LogP contribution in [0.1, 0.15) is 15.9 Å². The van der Waals surface area contributed by atoms with Gasteiger partial charge in [-0.25, -0.2) is 9.59 Å². The van der Waals surface area contributed by atoms with Crippen LogP contribution in [0.4, 0.5) is 10.5 Å². The van der Waals surface area contributed by atoms with Gasteiger partial charge in [-0.1, -0.05) is 30.3 Å². The molecule has 3 aromatic rings. The van der Waals surface area contributed by atoms with E-state index < -0.39 is 0 Å². The summed E-state index contributed by atoms with van der Waals surface area (Å²) in [4.78, 5) is 32.8. The Morgan fingerprint density at radius 1 is 1.00 bits per heavy atom. The molecule has 4 rings (SSSR count). The highest BCUT2D eigenvalue weighted by Gasteiger charge is 2.24. The number of anilines is 1. The first-order chi connectivity index (χ1) is 15.7. The maximum atomic E-state index is 13.4. The predicted octanol–water partition coefficient (Wildman–Crippen LogP) is 3.99. The smallest absolute Gasteiger partial charge is 0.337 e. The summed E-state index contributed by atoms with van der Waals surface area (Å²) in [5.74, 6) is -0.385. The Morgan fingerprint density at radius 3 is 2.34 bits per heavy atom. The number of ether oxygens (including phenoxy) is 2. The summed E-state index contributed by atoms with van der Waals surface area (Å²) in [5.41, 5.74) is 4.23. The van der Waals surface area contributed by atoms with Gasteiger partial charge in [-0.05, 0) is 47.0 Å². The van der Waals surface area contributed by atoms with Crippen LogP contribution in [0, 0.1) is 0 Å². The van der Waals surface area contributed by atoms with E-state index in [9.17, 15) is 9.59 Å². The first-order valence-corrected chi connectivity index (χ1v) is 10.5. The summed E-state index contributed by atoms with van der Waals surface area (Å²) in [5, 5.41) is 0. The van der Waals surface area contributed by atoms with Gasteiger partial charge in [0.2, 0.25) is 0 Å². The minimum Gasteiger partial charge on any atom is -0.465 e. The van der Waals surface area contributed by atoms with E-state index in [4.69, 9.17) is 9.47 Å². The van der Waals surface area contributed by atoms with Gasteiger partial charge >= 0.3 is 12.0 Å². The Balaban J connectivity index is 1.60. The number of amides is 2. The van der Waals surface area contributed by atoms with E-state index in [2.05, 4.69) is 4.98 Å². The maximum Gasteiger partial charge on any atom is 0.337 e. The molecular weight excluding hydrogens is 406 g/mol. The number of esters is 1. The van der Waals surface area contributed by atoms with Gasteiger partial charge in [0.25, 0.3) is 0 Å². The Hall–Kier alpha value is -3.71. The quantitative estimate of drug-likeness (QED) is 0.571. The molecule has 1 aromatic heterocycles. The van der Waals surface area contributed by atoms with E-state index in [0.29, 0.717) is 38.4 Å². The minimum absolute atomic E-state index is 0.0699. The van der Waals surface area contributed by atoms with Gasteiger partial charge < -0.3 is 14.4 Å². The van der Waals surface area contributed by atoms with Crippen molar-refractivity contribution in [1.29, 1.82) is 0 Å². The van der Waals surface area contributed by atoms with Crippen molar-refractivity contribution >= 4 is 17.7 Å². The molecule has 0 aliphatic carbocycles. The number of aromatic nitrogens is 1.